The van der Waals surface area contributed by atoms with E-state index in [1.807, 2.05) is 6.08 Å². The van der Waals surface area contributed by atoms with E-state index >= 15 is 0 Å². The maximum Gasteiger partial charge on any atom is -0.0143 e. The van der Waals surface area contributed by atoms with Gasteiger partial charge in [0.15, 0.2) is 0 Å². The summed E-state index contributed by atoms with van der Waals surface area (Å²) in [4.78, 5) is 0. The fraction of sp³-hybridized carbons (Fsp3) is 0.667. The van der Waals surface area contributed by atoms with E-state index in [9.17, 15) is 0 Å². The van der Waals surface area contributed by atoms with Crippen LogP contribution in [0.15, 0.2) is 24.8 Å². The maximum atomic E-state index is 3.81. The molecule has 0 fully saturated rings. The van der Waals surface area contributed by atoms with Crippen molar-refractivity contribution in [1.29, 1.82) is 0 Å². The first-order chi connectivity index (χ1) is 5.27. The minimum Gasteiger partial charge on any atom is -0.103 e. The highest BCUT2D eigenvalue weighted by Gasteiger charge is 2.10. The third-order valence-electron chi connectivity index (χ3n) is 1.81. The molecule has 0 aliphatic carbocycles. The van der Waals surface area contributed by atoms with Crippen molar-refractivity contribution in [3.63, 3.8) is 0 Å². The highest BCUT2D eigenvalue weighted by Crippen LogP contribution is 2.23. The van der Waals surface area contributed by atoms with Gasteiger partial charge in [0, 0.05) is 0 Å². The van der Waals surface area contributed by atoms with Gasteiger partial charge in [-0.2, -0.15) is 0 Å². The monoisotopic (exact) mass is 166 g/mol. The minimum atomic E-state index is 0.238. The maximum absolute atomic E-state index is 3.81. The van der Waals surface area contributed by atoms with E-state index in [1.165, 1.54) is 0 Å². The molecule has 0 saturated heterocycles. The molecule has 0 unspecified atom stereocenters. The summed E-state index contributed by atoms with van der Waals surface area (Å²) < 4.78 is 0. The molecule has 0 aromatic carbocycles. The van der Waals surface area contributed by atoms with Gasteiger partial charge in [-0.1, -0.05) is 52.8 Å². The van der Waals surface area contributed by atoms with Crippen molar-refractivity contribution >= 4 is 0 Å². The molecule has 0 nitrogen and oxygen atoms in total. The Morgan fingerprint density at radius 3 is 1.92 bits per heavy atom. The van der Waals surface area contributed by atoms with Crippen LogP contribution in [-0.4, -0.2) is 0 Å². The summed E-state index contributed by atoms with van der Waals surface area (Å²) in [6.45, 7) is 14.9. The largest absolute Gasteiger partial charge is 0.103 e. The summed E-state index contributed by atoms with van der Waals surface area (Å²) in [5.74, 6) is 0. The minimum absolute atomic E-state index is 0.238. The van der Waals surface area contributed by atoms with E-state index in [0.29, 0.717) is 5.41 Å². The van der Waals surface area contributed by atoms with Crippen LogP contribution in [0.25, 0.3) is 0 Å². The van der Waals surface area contributed by atoms with Gasteiger partial charge in [-0.05, 0) is 17.3 Å². The second kappa shape index (κ2) is 3.93. The van der Waals surface area contributed by atoms with Gasteiger partial charge in [-0.25, -0.2) is 0 Å². The zero-order chi connectivity index (χ0) is 9.83. The molecule has 0 N–H and O–H groups in total. The van der Waals surface area contributed by atoms with Gasteiger partial charge in [-0.15, -0.1) is 6.58 Å². The zero-order valence-electron chi connectivity index (χ0n) is 9.15. The third-order valence-corrected chi connectivity index (χ3v) is 1.81. The molecule has 0 aliphatic heterocycles. The van der Waals surface area contributed by atoms with Crippen molar-refractivity contribution in [1.82, 2.24) is 0 Å². The van der Waals surface area contributed by atoms with Gasteiger partial charge in [0.2, 0.25) is 0 Å². The van der Waals surface area contributed by atoms with Crippen molar-refractivity contribution in [3.05, 3.63) is 24.8 Å². The Morgan fingerprint density at radius 2 is 1.58 bits per heavy atom. The van der Waals surface area contributed by atoms with Gasteiger partial charge in [0.25, 0.3) is 0 Å². The number of rotatable bonds is 3. The van der Waals surface area contributed by atoms with Gasteiger partial charge in [0.05, 0.1) is 0 Å². The van der Waals surface area contributed by atoms with Crippen LogP contribution in [0.4, 0.5) is 0 Å². The van der Waals surface area contributed by atoms with E-state index in [1.54, 1.807) is 0 Å². The van der Waals surface area contributed by atoms with Crippen LogP contribution >= 0.6 is 0 Å². The lowest BCUT2D eigenvalue weighted by molar-refractivity contribution is 0.481. The molecule has 0 saturated carbocycles. The lowest BCUT2D eigenvalue weighted by atomic mass is 9.87. The van der Waals surface area contributed by atoms with Gasteiger partial charge in [-0.3, -0.25) is 0 Å². The Labute approximate surface area is 77.4 Å². The molecule has 12 heavy (non-hydrogen) atoms. The number of hydrogen-bond acceptors (Lipinski definition) is 0. The summed E-state index contributed by atoms with van der Waals surface area (Å²) >= 11 is 0. The molecule has 0 aliphatic rings. The van der Waals surface area contributed by atoms with E-state index < -0.39 is 0 Å². The van der Waals surface area contributed by atoms with E-state index in [-0.39, 0.29) is 5.41 Å². The summed E-state index contributed by atoms with van der Waals surface area (Å²) in [6.07, 6.45) is 7.60. The van der Waals surface area contributed by atoms with Crippen molar-refractivity contribution in [2.24, 2.45) is 10.8 Å². The quantitative estimate of drug-likeness (QED) is 0.551. The Hall–Kier alpha value is -0.520. The number of hydrogen-bond donors (Lipinski definition) is 0. The lowest BCUT2D eigenvalue weighted by Crippen LogP contribution is -2.05. The van der Waals surface area contributed by atoms with Crippen LogP contribution in [0.2, 0.25) is 0 Å². The van der Waals surface area contributed by atoms with Crippen LogP contribution in [0.3, 0.4) is 0 Å². The topological polar surface area (TPSA) is 0 Å². The zero-order valence-corrected chi connectivity index (χ0v) is 9.15. The first kappa shape index (κ1) is 11.5. The molecular weight excluding hydrogens is 144 g/mol. The van der Waals surface area contributed by atoms with Crippen LogP contribution in [-0.2, 0) is 0 Å². The predicted octanol–water partition coefficient (Wildman–Crippen LogP) is 4.19. The van der Waals surface area contributed by atoms with E-state index in [4.69, 9.17) is 0 Å². The normalized spacial score (nSPS) is 13.8. The molecule has 0 spiro atoms. The van der Waals surface area contributed by atoms with Crippen LogP contribution in [0, 0.1) is 10.8 Å². The van der Waals surface area contributed by atoms with Crippen molar-refractivity contribution in [2.75, 3.05) is 0 Å². The van der Waals surface area contributed by atoms with Crippen molar-refractivity contribution < 1.29 is 0 Å². The van der Waals surface area contributed by atoms with Crippen molar-refractivity contribution in [2.45, 2.75) is 41.0 Å². The van der Waals surface area contributed by atoms with Crippen molar-refractivity contribution in [3.8, 4) is 0 Å². The Kier molecular flexibility index (Phi) is 3.76. The van der Waals surface area contributed by atoms with Crippen LogP contribution in [0.5, 0.6) is 0 Å². The molecule has 0 aromatic rings. The van der Waals surface area contributed by atoms with Gasteiger partial charge >= 0.3 is 0 Å². The van der Waals surface area contributed by atoms with Gasteiger partial charge < -0.3 is 0 Å². The molecule has 0 bridgehead atoms. The average molecular weight is 166 g/mol. The smallest absolute Gasteiger partial charge is 0.0143 e. The fourth-order valence-corrected chi connectivity index (χ4v) is 0.800. The molecule has 0 radical (unpaired) electrons. The Morgan fingerprint density at radius 1 is 1.08 bits per heavy atom. The molecule has 0 atom stereocenters. The summed E-state index contributed by atoms with van der Waals surface area (Å²) in [5, 5.41) is 0. The molecule has 0 amide bonds. The van der Waals surface area contributed by atoms with Crippen LogP contribution < -0.4 is 0 Å². The Balaban J connectivity index is 3.99. The predicted molar refractivity (Wildman–Crippen MR) is 57.2 cm³/mol. The SMILES string of the molecule is C=CC(C)(C)CC=CC(C)(C)C. The molecule has 0 heteroatoms. The first-order valence-corrected chi connectivity index (χ1v) is 4.58. The number of allylic oxidation sites excluding steroid dienone is 3. The summed E-state index contributed by atoms with van der Waals surface area (Å²) in [6, 6.07) is 0. The molecule has 0 aromatic heterocycles. The molecule has 70 valence electrons. The first-order valence-electron chi connectivity index (χ1n) is 4.58. The fourth-order valence-electron chi connectivity index (χ4n) is 0.800. The highest BCUT2D eigenvalue weighted by molar-refractivity contribution is 4.99. The van der Waals surface area contributed by atoms with E-state index in [2.05, 4.69) is 53.3 Å². The third kappa shape index (κ3) is 6.21. The molecule has 0 rings (SSSR count). The summed E-state index contributed by atoms with van der Waals surface area (Å²) in [7, 11) is 0. The Bertz CT molecular complexity index is 165. The van der Waals surface area contributed by atoms with E-state index in [0.717, 1.165) is 6.42 Å². The second-order valence-corrected chi connectivity index (χ2v) is 5.17. The highest BCUT2D eigenvalue weighted by atomic mass is 14.2. The van der Waals surface area contributed by atoms with Crippen LogP contribution in [0.1, 0.15) is 41.0 Å². The summed E-state index contributed by atoms with van der Waals surface area (Å²) in [5.41, 5.74) is 0.541. The van der Waals surface area contributed by atoms with Gasteiger partial charge in [0.1, 0.15) is 0 Å². The standard InChI is InChI=1S/C12H22/c1-7-12(5,6)10-8-9-11(2,3)4/h7-9H,1,10H2,2-6H3. The second-order valence-electron chi connectivity index (χ2n) is 5.17. The molecular formula is C12H22. The lowest BCUT2D eigenvalue weighted by Gasteiger charge is -2.18. The average Bonchev–Trinajstić information content (AvgIpc) is 1.84. The molecule has 0 heterocycles.